The van der Waals surface area contributed by atoms with Gasteiger partial charge in [0.05, 0.1) is 90.0 Å². The highest BCUT2D eigenvalue weighted by Crippen LogP contribution is 2.52. The van der Waals surface area contributed by atoms with Gasteiger partial charge in [-0.3, -0.25) is 68.3 Å². The lowest BCUT2D eigenvalue weighted by molar-refractivity contribution is -0.162. The van der Waals surface area contributed by atoms with Crippen molar-refractivity contribution in [3.63, 3.8) is 0 Å². The van der Waals surface area contributed by atoms with Crippen LogP contribution in [0.15, 0.2) is 120 Å². The van der Waals surface area contributed by atoms with E-state index < -0.39 is 230 Å². The lowest BCUT2D eigenvalue weighted by atomic mass is 9.83. The minimum absolute atomic E-state index is 0.0331. The molecule has 44 nitrogen and oxygen atoms in total. The van der Waals surface area contributed by atoms with Gasteiger partial charge in [-0.05, 0) is 112 Å². The molecule has 12 N–H and O–H groups in total. The monoisotopic (exact) mass is 2090 g/mol. The van der Waals surface area contributed by atoms with Crippen molar-refractivity contribution >= 4 is 124 Å². The maximum Gasteiger partial charge on any atom is 0.431 e. The number of hydrogen-bond donors (Lipinski definition) is 11. The molecule has 8 bridgehead atoms. The summed E-state index contributed by atoms with van der Waals surface area (Å²) >= 11 is 13.6. The first-order valence-electron chi connectivity index (χ1n) is 47.9. The number of nitrogens with two attached hydrogens (primary N) is 1. The molecule has 12 rings (SSSR count). The number of hydroxylamine groups is 1. The first-order chi connectivity index (χ1) is 69.7. The van der Waals surface area contributed by atoms with Gasteiger partial charge in [-0.25, -0.2) is 29.9 Å². The molecule has 0 saturated carbocycles. The quantitative estimate of drug-likeness (QED) is 0.0134. The highest BCUT2D eigenvalue weighted by molar-refractivity contribution is 6.36. The molecular weight excluding hydrogens is 1960 g/mol. The fraction of sp³-hybridized carbons (Fsp3) is 0.535. The molecule has 11 amide bonds. The van der Waals surface area contributed by atoms with E-state index in [-0.39, 0.29) is 67.6 Å². The van der Waals surface area contributed by atoms with Gasteiger partial charge in [0, 0.05) is 112 Å². The number of ketones is 2. The summed E-state index contributed by atoms with van der Waals surface area (Å²) in [5, 5.41) is 41.5. The van der Waals surface area contributed by atoms with Gasteiger partial charge in [-0.15, -0.1) is 0 Å². The molecule has 5 fully saturated rings. The smallest absolute Gasteiger partial charge is 0.431 e. The van der Waals surface area contributed by atoms with E-state index >= 15 is 0 Å². The molecule has 4 aromatic rings. The number of likely N-dealkylation sites (N-methyl/N-ethyl adjacent to an activating group) is 2. The Hall–Kier alpha value is -12.6. The van der Waals surface area contributed by atoms with Crippen molar-refractivity contribution in [3.05, 3.63) is 153 Å². The van der Waals surface area contributed by atoms with Crippen LogP contribution in [0.25, 0.3) is 11.1 Å². The molecule has 0 aromatic heterocycles. The van der Waals surface area contributed by atoms with Crippen LogP contribution in [0.3, 0.4) is 0 Å². The molecule has 7 heterocycles. The number of esters is 2. The number of aliphatic hydroxyl groups is 2. The number of carbonyl (C=O) groups excluding carboxylic acids is 15. The summed E-state index contributed by atoms with van der Waals surface area (Å²) in [5.74, 6) is -3.79. The Morgan fingerprint density at radius 1 is 0.571 bits per heavy atom. The third kappa shape index (κ3) is 30.8. The number of hydrogen-bond acceptors (Lipinski definition) is 33. The van der Waals surface area contributed by atoms with Crippen LogP contribution in [0, 0.1) is 11.8 Å². The van der Waals surface area contributed by atoms with Gasteiger partial charge in [0.1, 0.15) is 94.7 Å². The topological polar surface area (TPSA) is 568 Å². The number of benzene rings is 4. The molecule has 0 spiro atoms. The zero-order valence-corrected chi connectivity index (χ0v) is 86.6. The summed E-state index contributed by atoms with van der Waals surface area (Å²) in [6.07, 6.45) is -1.75. The SMILES string of the molecule is C1COCCN1.COc1cc2cc(c1Cl)N(C)C(=O)CC(OC(=O)C(C)N(C)C(=O)CNC(=O)CCC(=O)CNC(=O)CON)C1(C)OC1C(C)C1CC(O)(NC(=O)O1)C(OC)/C=C/C=C(\C)C2.COc1cc2cc(c1Cl)N(C)C(=O)CC(OC(=O)C(C)N(C)C(=O)CNC(=O)CCC(=O)CNC(=O)CONC(=O)OCC1c3ccccc3-c3ccccc31)C1(C)OC1C(C)C1CC(O)(NC(=O)O1)C(OC)/C=C/C=C(\C)C2. The van der Waals surface area contributed by atoms with E-state index in [0.29, 0.717) is 35.7 Å². The van der Waals surface area contributed by atoms with Gasteiger partial charge < -0.3 is 113 Å². The molecule has 802 valence electrons. The number of morpholine rings is 1. The van der Waals surface area contributed by atoms with Crippen molar-refractivity contribution in [1.29, 1.82) is 0 Å². The number of nitrogens with zero attached hydrogens (tertiary/aromatic N) is 4. The molecule has 5 saturated heterocycles. The minimum atomic E-state index is -1.91. The fourth-order valence-corrected chi connectivity index (χ4v) is 18.4. The Morgan fingerprint density at radius 3 is 1.35 bits per heavy atom. The van der Waals surface area contributed by atoms with Crippen LogP contribution in [0.2, 0.25) is 10.0 Å². The average Bonchev–Trinajstić information content (AvgIpc) is 1.57. The van der Waals surface area contributed by atoms with Gasteiger partial charge in [-0.1, -0.05) is 133 Å². The summed E-state index contributed by atoms with van der Waals surface area (Å²) in [5.41, 5.74) is 3.65. The molecule has 46 heteroatoms. The van der Waals surface area contributed by atoms with Gasteiger partial charge in [-0.2, -0.15) is 5.48 Å². The van der Waals surface area contributed by atoms with E-state index in [1.165, 1.54) is 80.3 Å². The molecule has 16 unspecified atom stereocenters. The summed E-state index contributed by atoms with van der Waals surface area (Å²) < 4.78 is 68.7. The van der Waals surface area contributed by atoms with E-state index in [1.54, 1.807) is 76.3 Å². The number of alkyl carbamates (subject to hydrolysis) is 2. The van der Waals surface area contributed by atoms with Crippen LogP contribution in [-0.2, 0) is 127 Å². The average molecular weight is 2100 g/mol. The number of rotatable bonds is 31. The van der Waals surface area contributed by atoms with E-state index in [2.05, 4.69) is 47.5 Å². The number of amides is 11. The van der Waals surface area contributed by atoms with Crippen molar-refractivity contribution in [2.75, 3.05) is 139 Å². The molecule has 1 aliphatic carbocycles. The van der Waals surface area contributed by atoms with Crippen molar-refractivity contribution < 1.29 is 149 Å². The van der Waals surface area contributed by atoms with Crippen molar-refractivity contribution in [1.82, 2.24) is 52.5 Å². The Labute approximate surface area is 861 Å². The van der Waals surface area contributed by atoms with Crippen LogP contribution >= 0.6 is 23.2 Å². The zero-order valence-electron chi connectivity index (χ0n) is 85.1. The Bertz CT molecular complexity index is 5550. The molecule has 4 aromatic carbocycles. The van der Waals surface area contributed by atoms with Gasteiger partial charge in [0.25, 0.3) is 0 Å². The van der Waals surface area contributed by atoms with E-state index in [0.717, 1.165) is 80.6 Å². The number of nitrogens with one attached hydrogen (secondary N) is 8. The fourth-order valence-electron chi connectivity index (χ4n) is 17.8. The highest BCUT2D eigenvalue weighted by atomic mass is 35.5. The van der Waals surface area contributed by atoms with Crippen LogP contribution < -0.4 is 67.9 Å². The normalized spacial score (nSPS) is 26.3. The first-order valence-corrected chi connectivity index (χ1v) is 48.6. The largest absolute Gasteiger partial charge is 0.495 e. The molecule has 7 aliphatic heterocycles. The molecular formula is C101H133Cl2N13O31. The number of halogens is 2. The Balaban J connectivity index is 0.000000292. The number of methoxy groups -OCH3 is 4. The molecule has 147 heavy (non-hydrogen) atoms. The van der Waals surface area contributed by atoms with Crippen molar-refractivity contribution in [3.8, 4) is 22.6 Å². The second-order valence-electron chi connectivity index (χ2n) is 37.4. The summed E-state index contributed by atoms with van der Waals surface area (Å²) in [7, 11) is 11.4. The van der Waals surface area contributed by atoms with E-state index in [4.69, 9.17) is 90.8 Å². The summed E-state index contributed by atoms with van der Waals surface area (Å²) in [4.78, 5) is 209. The highest BCUT2D eigenvalue weighted by Gasteiger charge is 2.67. The van der Waals surface area contributed by atoms with Gasteiger partial charge in [0.2, 0.25) is 47.3 Å². The number of carbonyl (C=O) groups is 15. The maximum atomic E-state index is 14.3. The predicted molar refractivity (Wildman–Crippen MR) is 530 cm³/mol. The second-order valence-corrected chi connectivity index (χ2v) is 38.1. The number of anilines is 2. The van der Waals surface area contributed by atoms with Crippen LogP contribution in [0.5, 0.6) is 11.5 Å². The molecule has 8 aliphatic rings. The Morgan fingerprint density at radius 2 is 0.973 bits per heavy atom. The molecule has 16 atom stereocenters. The number of fused-ring (bicyclic) bond motifs is 13. The number of epoxide rings is 2. The van der Waals surface area contributed by atoms with Crippen molar-refractivity contribution in [2.24, 2.45) is 17.7 Å². The van der Waals surface area contributed by atoms with E-state index in [9.17, 15) is 82.1 Å². The number of allylic oxidation sites excluding steroid dienone is 6. The van der Waals surface area contributed by atoms with Crippen LogP contribution in [-0.4, -0.2) is 322 Å². The first kappa shape index (κ1) is 116. The Kier molecular flexibility index (Phi) is 41.8. The van der Waals surface area contributed by atoms with Crippen LogP contribution in [0.4, 0.5) is 25.8 Å². The van der Waals surface area contributed by atoms with Gasteiger partial charge in [0.15, 0.2) is 29.6 Å². The summed E-state index contributed by atoms with van der Waals surface area (Å²) in [6.45, 7) is 14.3. The number of Topliss-reactive ketones (excluding diaryl/α,β-unsaturated/α-hetero) is 2. The standard InChI is InChI=1S/C56H67ClN6O16.C41H57ClN6O14.C4H9NO/c1-31-14-13-19-44(74-8)56(72)26-43(77-53(70)60-56)32(2)51-55(4,79-51)45(25-48(67)63(6)41-23-34(22-31)24-42(73-7)50(41)57)78-52(69)33(3)62(5)49(68)28-59-46(65)21-20-35(64)27-58-47(66)30-76-61-54(71)75-29-40-38-17-11-9-15-36(38)37-16-10-12-18-39(37)40;1-22-10-9-11-30(58-8)41(56)18-29(60-39(55)46-41)23(2)37-40(4,62-37)31(17-34(52)48(6)27-15-25(14-22)16-28(57-7)36(27)42)61-38(54)24(3)47(5)35(53)20-45-32(50)13-12-26(49)19-44-33(51)21-59-43;1-3-6-4-2-5-1/h9-19,23-24,32-33,40,43-45,51,72H,20-22,25-30H2,1-8H3,(H,58,66)(H,59,65)(H,60,70)(H,61,71);9-11,15-16,23-24,29-31,37,56H,12-14,17-21,43H2,1-8H3,(H,44,51)(H,45,50)(H,46,55);5H,1-4H2/b19-13+,31-14+;11-9+,22-10+;. The third-order valence-corrected chi connectivity index (χ3v) is 27.7. The van der Waals surface area contributed by atoms with Crippen LogP contribution in [0.1, 0.15) is 135 Å². The minimum Gasteiger partial charge on any atom is -0.495 e. The summed E-state index contributed by atoms with van der Waals surface area (Å²) in [6, 6.07) is 20.2. The molecule has 0 radical (unpaired) electrons. The number of ether oxygens (including phenoxy) is 12. The predicted octanol–water partition coefficient (Wildman–Crippen LogP) is 5.16. The lowest BCUT2D eigenvalue weighted by Crippen LogP contribution is -2.63. The second kappa shape index (κ2) is 52.8. The van der Waals surface area contributed by atoms with Crippen molar-refractivity contribution in [2.45, 2.75) is 209 Å². The third-order valence-electron chi connectivity index (χ3n) is 26.9. The lowest BCUT2D eigenvalue weighted by Gasteiger charge is -2.42. The van der Waals surface area contributed by atoms with Gasteiger partial charge >= 0.3 is 30.2 Å². The maximum absolute atomic E-state index is 14.3. The van der Waals surface area contributed by atoms with E-state index in [1.807, 2.05) is 74.5 Å². The zero-order chi connectivity index (χ0) is 108.